The Hall–Kier alpha value is -2.17. The van der Waals surface area contributed by atoms with Crippen molar-refractivity contribution in [3.05, 3.63) is 30.3 Å². The summed E-state index contributed by atoms with van der Waals surface area (Å²) in [4.78, 5) is 25.7. The molecule has 1 saturated heterocycles. The number of nitrogens with zero attached hydrogens (tertiary/aromatic N) is 1. The fraction of sp³-hybridized carbons (Fsp3) is 0.667. The van der Waals surface area contributed by atoms with Crippen LogP contribution in [0, 0.1) is 5.92 Å². The predicted molar refractivity (Wildman–Crippen MR) is 129 cm³/mol. The topological polar surface area (TPSA) is 125 Å². The van der Waals surface area contributed by atoms with Gasteiger partial charge in [0.25, 0.3) is 0 Å². The number of aliphatic hydroxyl groups is 1. The number of rotatable bonds is 7. The number of hydrogen-bond donors (Lipinski definition) is 3. The third kappa shape index (κ3) is 7.68. The van der Waals surface area contributed by atoms with Gasteiger partial charge in [0.15, 0.2) is 0 Å². The largest absolute Gasteiger partial charge is 0.444 e. The van der Waals surface area contributed by atoms with Crippen LogP contribution < -0.4 is 10.6 Å². The van der Waals surface area contributed by atoms with E-state index in [0.29, 0.717) is 25.7 Å². The minimum absolute atomic E-state index is 0.0628. The second-order valence-electron chi connectivity index (χ2n) is 10.3. The Morgan fingerprint density at radius 2 is 1.79 bits per heavy atom. The molecule has 0 bridgehead atoms. The zero-order chi connectivity index (χ0) is 25.7. The number of aliphatic hydroxyl groups excluding tert-OH is 1. The van der Waals surface area contributed by atoms with Crippen LogP contribution in [0.2, 0.25) is 0 Å². The van der Waals surface area contributed by atoms with Crippen LogP contribution in [0.15, 0.2) is 35.2 Å². The molecule has 34 heavy (non-hydrogen) atoms. The van der Waals surface area contributed by atoms with Crippen molar-refractivity contribution in [2.75, 3.05) is 0 Å². The number of alkyl carbamates (subject to hydrolysis) is 1. The normalized spacial score (nSPS) is 23.1. The number of benzene rings is 1. The zero-order valence-electron chi connectivity index (χ0n) is 20.9. The van der Waals surface area contributed by atoms with Crippen LogP contribution in [0.5, 0.6) is 0 Å². The van der Waals surface area contributed by atoms with Crippen LogP contribution in [0.3, 0.4) is 0 Å². The molecule has 1 unspecified atom stereocenters. The molecule has 2 amide bonds. The Balaban J connectivity index is 2.35. The van der Waals surface area contributed by atoms with Gasteiger partial charge in [0, 0.05) is 6.04 Å². The van der Waals surface area contributed by atoms with E-state index in [0.717, 1.165) is 0 Å². The van der Waals surface area contributed by atoms with E-state index in [-0.39, 0.29) is 10.8 Å². The first-order chi connectivity index (χ1) is 15.7. The summed E-state index contributed by atoms with van der Waals surface area (Å²) in [6.45, 7) is 10.7. The van der Waals surface area contributed by atoms with E-state index in [1.807, 2.05) is 13.8 Å². The Labute approximate surface area is 203 Å². The first-order valence-electron chi connectivity index (χ1n) is 11.8. The maximum absolute atomic E-state index is 13.5. The number of amides is 2. The number of carbonyl (C=O) groups is 2. The molecular weight excluding hydrogens is 458 g/mol. The summed E-state index contributed by atoms with van der Waals surface area (Å²) in [6.07, 6.45) is -1.21. The summed E-state index contributed by atoms with van der Waals surface area (Å²) < 4.78 is 33.6. The van der Waals surface area contributed by atoms with Gasteiger partial charge in [-0.05, 0) is 71.4 Å². The first-order valence-corrected chi connectivity index (χ1v) is 13.2. The summed E-state index contributed by atoms with van der Waals surface area (Å²) >= 11 is 0. The zero-order valence-corrected chi connectivity index (χ0v) is 21.8. The van der Waals surface area contributed by atoms with Crippen LogP contribution in [0.4, 0.5) is 4.79 Å². The van der Waals surface area contributed by atoms with E-state index < -0.39 is 52.0 Å². The van der Waals surface area contributed by atoms with Gasteiger partial charge < -0.3 is 20.5 Å². The summed E-state index contributed by atoms with van der Waals surface area (Å²) in [5.74, 6) is -0.515. The van der Waals surface area contributed by atoms with E-state index >= 15 is 0 Å². The molecule has 1 aliphatic rings. The predicted octanol–water partition coefficient (Wildman–Crippen LogP) is 2.99. The van der Waals surface area contributed by atoms with E-state index in [2.05, 4.69) is 10.6 Å². The fourth-order valence-corrected chi connectivity index (χ4v) is 5.83. The number of hydrogen-bond acceptors (Lipinski definition) is 6. The van der Waals surface area contributed by atoms with Crippen molar-refractivity contribution in [1.82, 2.24) is 14.9 Å². The van der Waals surface area contributed by atoms with Crippen molar-refractivity contribution < 1.29 is 27.9 Å². The van der Waals surface area contributed by atoms with Gasteiger partial charge in [0.1, 0.15) is 17.8 Å². The van der Waals surface area contributed by atoms with Gasteiger partial charge in [-0.2, -0.15) is 4.31 Å². The van der Waals surface area contributed by atoms with E-state index in [1.54, 1.807) is 45.9 Å². The lowest BCUT2D eigenvalue weighted by Crippen LogP contribution is -2.61. The average molecular weight is 498 g/mol. The molecule has 0 aliphatic carbocycles. The van der Waals surface area contributed by atoms with E-state index in [9.17, 15) is 23.1 Å². The Morgan fingerprint density at radius 3 is 2.35 bits per heavy atom. The molecule has 0 spiro atoms. The molecule has 192 valence electrons. The minimum atomic E-state index is -4.01. The van der Waals surface area contributed by atoms with Gasteiger partial charge in [-0.25, -0.2) is 13.2 Å². The molecule has 1 fully saturated rings. The summed E-state index contributed by atoms with van der Waals surface area (Å²) in [5, 5.41) is 16.2. The van der Waals surface area contributed by atoms with Crippen molar-refractivity contribution in [1.29, 1.82) is 0 Å². The number of nitrogens with one attached hydrogen (secondary N) is 2. The average Bonchev–Trinajstić information content (AvgIpc) is 2.84. The number of sulfonamides is 1. The maximum Gasteiger partial charge on any atom is 0.408 e. The van der Waals surface area contributed by atoms with Crippen molar-refractivity contribution in [3.8, 4) is 0 Å². The molecule has 10 heteroatoms. The highest BCUT2D eigenvalue weighted by Crippen LogP contribution is 2.28. The molecule has 2 rings (SSSR count). The fourth-order valence-electron chi connectivity index (χ4n) is 4.01. The lowest BCUT2D eigenvalue weighted by atomic mass is 10.0. The van der Waals surface area contributed by atoms with Crippen LogP contribution >= 0.6 is 0 Å². The van der Waals surface area contributed by atoms with Gasteiger partial charge >= 0.3 is 6.09 Å². The van der Waals surface area contributed by atoms with Gasteiger partial charge in [-0.15, -0.1) is 0 Å². The van der Waals surface area contributed by atoms with Gasteiger partial charge in [-0.3, -0.25) is 4.79 Å². The number of carbonyl (C=O) groups excluding carboxylic acids is 2. The second-order valence-corrected chi connectivity index (χ2v) is 12.1. The highest BCUT2D eigenvalue weighted by molar-refractivity contribution is 7.89. The number of ether oxygens (including phenoxy) is 1. The van der Waals surface area contributed by atoms with Gasteiger partial charge in [0.05, 0.1) is 11.0 Å². The molecule has 1 aliphatic heterocycles. The standard InChI is InChI=1S/C24H39N3O6S/c1-16(2)15-19(25-23(30)33-24(4,5)6)22(29)26-21-20(28)14-10-11-17(3)27(21)34(31,32)18-12-8-7-9-13-18/h7-9,12-13,16-17,19-21,28H,10-11,14-15H2,1-6H3,(H,25,30)(H,26,29)/t17-,19?,20+,21+/m1/s1. The van der Waals surface area contributed by atoms with Crippen LogP contribution in [-0.2, 0) is 19.6 Å². The van der Waals surface area contributed by atoms with Gasteiger partial charge in [0.2, 0.25) is 15.9 Å². The smallest absolute Gasteiger partial charge is 0.408 e. The lowest BCUT2D eigenvalue weighted by Gasteiger charge is -2.36. The van der Waals surface area contributed by atoms with Crippen molar-refractivity contribution in [2.45, 2.75) is 102 Å². The second kappa shape index (κ2) is 11.5. The monoisotopic (exact) mass is 497 g/mol. The molecule has 1 aromatic carbocycles. The Morgan fingerprint density at radius 1 is 1.18 bits per heavy atom. The molecule has 0 saturated carbocycles. The minimum Gasteiger partial charge on any atom is -0.444 e. The van der Waals surface area contributed by atoms with Crippen LogP contribution in [0.25, 0.3) is 0 Å². The Kier molecular flexibility index (Phi) is 9.50. The molecular formula is C24H39N3O6S. The molecule has 3 N–H and O–H groups in total. The van der Waals surface area contributed by atoms with Crippen molar-refractivity contribution >= 4 is 22.0 Å². The van der Waals surface area contributed by atoms with Gasteiger partial charge in [-0.1, -0.05) is 32.0 Å². The highest BCUT2D eigenvalue weighted by Gasteiger charge is 2.42. The highest BCUT2D eigenvalue weighted by atomic mass is 32.2. The molecule has 0 radical (unpaired) electrons. The lowest BCUT2D eigenvalue weighted by molar-refractivity contribution is -0.126. The molecule has 0 aromatic heterocycles. The van der Waals surface area contributed by atoms with Crippen molar-refractivity contribution in [3.63, 3.8) is 0 Å². The van der Waals surface area contributed by atoms with E-state index in [1.165, 1.54) is 16.4 Å². The third-order valence-corrected chi connectivity index (χ3v) is 7.53. The SMILES string of the molecule is CC(C)CC(NC(=O)OC(C)(C)C)C(=O)N[C@@H]1[C@@H](O)CCC[C@@H](C)N1S(=O)(=O)c1ccccc1. The quantitative estimate of drug-likeness (QED) is 0.532. The first kappa shape index (κ1) is 28.1. The van der Waals surface area contributed by atoms with Crippen LogP contribution in [0.1, 0.15) is 67.2 Å². The van der Waals surface area contributed by atoms with E-state index in [4.69, 9.17) is 4.74 Å². The summed E-state index contributed by atoms with van der Waals surface area (Å²) in [5.41, 5.74) is -0.740. The Bertz CT molecular complexity index is 930. The summed E-state index contributed by atoms with van der Waals surface area (Å²) in [6, 6.07) is 6.55. The molecule has 4 atom stereocenters. The molecule has 1 heterocycles. The maximum atomic E-state index is 13.5. The molecule has 1 aromatic rings. The summed E-state index contributed by atoms with van der Waals surface area (Å²) in [7, 11) is -4.01. The third-order valence-electron chi connectivity index (χ3n) is 5.52. The molecule has 9 nitrogen and oxygen atoms in total. The van der Waals surface area contributed by atoms with Crippen molar-refractivity contribution in [2.24, 2.45) is 5.92 Å². The van der Waals surface area contributed by atoms with Crippen LogP contribution in [-0.4, -0.2) is 59.8 Å².